The zero-order chi connectivity index (χ0) is 13.8. The summed E-state index contributed by atoms with van der Waals surface area (Å²) in [5.41, 5.74) is 6.49. The minimum absolute atomic E-state index is 0.246. The smallest absolute Gasteiger partial charge is 0.260 e. The molecule has 19 heavy (non-hydrogen) atoms. The monoisotopic (exact) mass is 262 g/mol. The molecule has 1 heterocycles. The molecule has 0 fully saturated rings. The average molecular weight is 262 g/mol. The fraction of sp³-hybridized carbons (Fsp3) is 0.385. The number of hydrogen-bond acceptors (Lipinski definition) is 5. The number of benzene rings is 1. The first-order chi connectivity index (χ1) is 9.10. The van der Waals surface area contributed by atoms with Crippen molar-refractivity contribution in [1.82, 2.24) is 9.97 Å². The highest BCUT2D eigenvalue weighted by molar-refractivity contribution is 5.81. The van der Waals surface area contributed by atoms with Crippen LogP contribution in [0.2, 0.25) is 0 Å². The van der Waals surface area contributed by atoms with Crippen LogP contribution in [0.25, 0.3) is 10.9 Å². The summed E-state index contributed by atoms with van der Waals surface area (Å²) in [4.78, 5) is 18.8. The number of nitrogen functional groups attached to an aromatic ring is 1. The molecule has 0 aliphatic carbocycles. The second-order valence-electron chi connectivity index (χ2n) is 4.51. The fourth-order valence-electron chi connectivity index (χ4n) is 1.89. The Kier molecular flexibility index (Phi) is 4.01. The summed E-state index contributed by atoms with van der Waals surface area (Å²) in [6, 6.07) is 4.99. The summed E-state index contributed by atoms with van der Waals surface area (Å²) in [5.74, 6) is 0.359. The van der Waals surface area contributed by atoms with Gasteiger partial charge in [0, 0.05) is 12.2 Å². The highest BCUT2D eigenvalue weighted by Crippen LogP contribution is 2.12. The largest absolute Gasteiger partial charge is 0.399 e. The molecule has 0 aliphatic rings. The van der Waals surface area contributed by atoms with E-state index in [1.165, 1.54) is 0 Å². The Morgan fingerprint density at radius 2 is 2.32 bits per heavy atom. The summed E-state index contributed by atoms with van der Waals surface area (Å²) in [5, 5.41) is 13.0. The van der Waals surface area contributed by atoms with Crippen LogP contribution in [0.4, 0.5) is 11.6 Å². The van der Waals surface area contributed by atoms with E-state index in [0.717, 1.165) is 6.42 Å². The van der Waals surface area contributed by atoms with Crippen LogP contribution in [0.5, 0.6) is 0 Å². The van der Waals surface area contributed by atoms with E-state index in [1.54, 1.807) is 18.2 Å². The van der Waals surface area contributed by atoms with Gasteiger partial charge in [-0.1, -0.05) is 13.3 Å². The van der Waals surface area contributed by atoms with E-state index in [0.29, 0.717) is 35.5 Å². The first-order valence-electron chi connectivity index (χ1n) is 6.31. The van der Waals surface area contributed by atoms with E-state index >= 15 is 0 Å². The Morgan fingerprint density at radius 3 is 3.05 bits per heavy atom. The third-order valence-electron chi connectivity index (χ3n) is 2.86. The Morgan fingerprint density at radius 1 is 1.53 bits per heavy atom. The summed E-state index contributed by atoms with van der Waals surface area (Å²) in [6.07, 6.45) is 1.17. The van der Waals surface area contributed by atoms with E-state index in [2.05, 4.69) is 15.3 Å². The first-order valence-corrected chi connectivity index (χ1v) is 6.31. The lowest BCUT2D eigenvalue weighted by Crippen LogP contribution is -2.22. The van der Waals surface area contributed by atoms with Gasteiger partial charge in [-0.3, -0.25) is 9.78 Å². The summed E-state index contributed by atoms with van der Waals surface area (Å²) in [7, 11) is 0. The van der Waals surface area contributed by atoms with Crippen LogP contribution in [0.15, 0.2) is 23.0 Å². The van der Waals surface area contributed by atoms with Crippen LogP contribution in [0, 0.1) is 0 Å². The highest BCUT2D eigenvalue weighted by atomic mass is 16.3. The number of rotatable bonds is 5. The van der Waals surface area contributed by atoms with E-state index in [4.69, 9.17) is 5.73 Å². The Balaban J connectivity index is 2.21. The molecule has 6 heteroatoms. The molecule has 2 rings (SSSR count). The quantitative estimate of drug-likeness (QED) is 0.604. The van der Waals surface area contributed by atoms with Crippen LogP contribution < -0.4 is 16.6 Å². The average Bonchev–Trinajstić information content (AvgIpc) is 2.38. The van der Waals surface area contributed by atoms with Gasteiger partial charge >= 0.3 is 0 Å². The van der Waals surface area contributed by atoms with Crippen molar-refractivity contribution in [3.05, 3.63) is 28.6 Å². The van der Waals surface area contributed by atoms with Crippen LogP contribution in [-0.4, -0.2) is 27.7 Å². The van der Waals surface area contributed by atoms with Gasteiger partial charge in [-0.2, -0.15) is 0 Å². The number of fused-ring (bicyclic) bond motifs is 1. The highest BCUT2D eigenvalue weighted by Gasteiger charge is 2.06. The van der Waals surface area contributed by atoms with Crippen LogP contribution >= 0.6 is 0 Å². The molecule has 0 amide bonds. The minimum Gasteiger partial charge on any atom is -0.399 e. The molecule has 102 valence electrons. The first kappa shape index (κ1) is 13.4. The van der Waals surface area contributed by atoms with E-state index in [-0.39, 0.29) is 5.56 Å². The lowest BCUT2D eigenvalue weighted by molar-refractivity contribution is 0.176. The van der Waals surface area contributed by atoms with Crippen molar-refractivity contribution >= 4 is 22.5 Å². The molecule has 1 unspecified atom stereocenters. The number of aromatic nitrogens is 2. The zero-order valence-electron chi connectivity index (χ0n) is 10.8. The molecule has 0 bridgehead atoms. The normalized spacial score (nSPS) is 12.5. The molecule has 5 N–H and O–H groups in total. The summed E-state index contributed by atoms with van der Waals surface area (Å²) < 4.78 is 0. The maximum Gasteiger partial charge on any atom is 0.260 e. The number of aromatic amines is 1. The van der Waals surface area contributed by atoms with Gasteiger partial charge in [0.05, 0.1) is 17.0 Å². The van der Waals surface area contributed by atoms with E-state index in [1.807, 2.05) is 6.92 Å². The van der Waals surface area contributed by atoms with E-state index in [9.17, 15) is 9.90 Å². The molecule has 0 saturated carbocycles. The van der Waals surface area contributed by atoms with Gasteiger partial charge in [0.2, 0.25) is 5.95 Å². The number of H-pyrrole nitrogens is 1. The van der Waals surface area contributed by atoms with Gasteiger partial charge in [-0.25, -0.2) is 4.98 Å². The lowest BCUT2D eigenvalue weighted by atomic mass is 10.2. The van der Waals surface area contributed by atoms with Gasteiger partial charge in [-0.15, -0.1) is 0 Å². The predicted molar refractivity (Wildman–Crippen MR) is 76.2 cm³/mol. The summed E-state index contributed by atoms with van der Waals surface area (Å²) >= 11 is 0. The molecule has 0 saturated heterocycles. The lowest BCUT2D eigenvalue weighted by Gasteiger charge is -2.11. The number of nitrogens with one attached hydrogen (secondary N) is 2. The number of nitrogens with two attached hydrogens (primary N) is 1. The van der Waals surface area contributed by atoms with Crippen molar-refractivity contribution in [2.75, 3.05) is 17.6 Å². The molecule has 0 radical (unpaired) electrons. The minimum atomic E-state index is -0.447. The van der Waals surface area contributed by atoms with Gasteiger partial charge in [-0.05, 0) is 24.6 Å². The third kappa shape index (κ3) is 3.23. The van der Waals surface area contributed by atoms with Gasteiger partial charge in [0.1, 0.15) is 0 Å². The van der Waals surface area contributed by atoms with Crippen molar-refractivity contribution in [3.8, 4) is 0 Å². The third-order valence-corrected chi connectivity index (χ3v) is 2.86. The number of aliphatic hydroxyl groups excluding tert-OH is 1. The maximum atomic E-state index is 11.9. The molecule has 1 aromatic carbocycles. The van der Waals surface area contributed by atoms with Gasteiger partial charge in [0.15, 0.2) is 0 Å². The predicted octanol–water partition coefficient (Wildman–Crippen LogP) is 1.08. The Hall–Kier alpha value is -2.08. The second kappa shape index (κ2) is 5.71. The number of anilines is 2. The molecular weight excluding hydrogens is 244 g/mol. The Labute approximate surface area is 110 Å². The number of aliphatic hydroxyl groups is 1. The second-order valence-corrected chi connectivity index (χ2v) is 4.51. The number of hydrogen-bond donors (Lipinski definition) is 4. The molecule has 1 aromatic heterocycles. The molecular formula is C13H18N4O2. The van der Waals surface area contributed by atoms with Crippen molar-refractivity contribution in [2.24, 2.45) is 0 Å². The fourth-order valence-corrected chi connectivity index (χ4v) is 1.89. The van der Waals surface area contributed by atoms with Crippen molar-refractivity contribution < 1.29 is 5.11 Å². The Bertz CT molecular complexity index is 624. The van der Waals surface area contributed by atoms with Gasteiger partial charge < -0.3 is 16.2 Å². The van der Waals surface area contributed by atoms with Crippen LogP contribution in [0.1, 0.15) is 19.8 Å². The zero-order valence-corrected chi connectivity index (χ0v) is 10.8. The number of nitrogens with zero attached hydrogens (tertiary/aromatic N) is 1. The van der Waals surface area contributed by atoms with Gasteiger partial charge in [0.25, 0.3) is 5.56 Å². The van der Waals surface area contributed by atoms with Crippen molar-refractivity contribution in [3.63, 3.8) is 0 Å². The standard InChI is InChI=1S/C13H18N4O2/c1-2-3-9(18)7-15-13-16-11-5-4-8(14)6-10(11)12(19)17-13/h4-6,9,18H,2-3,7,14H2,1H3,(H2,15,16,17,19). The summed E-state index contributed by atoms with van der Waals surface area (Å²) in [6.45, 7) is 2.36. The maximum absolute atomic E-state index is 11.9. The van der Waals surface area contributed by atoms with Crippen molar-refractivity contribution in [1.29, 1.82) is 0 Å². The molecule has 6 nitrogen and oxygen atoms in total. The molecule has 2 aromatic rings. The molecule has 0 spiro atoms. The van der Waals surface area contributed by atoms with E-state index < -0.39 is 6.10 Å². The molecule has 1 atom stereocenters. The molecule has 0 aliphatic heterocycles. The SMILES string of the molecule is CCCC(O)CNc1nc2ccc(N)cc2c(=O)[nH]1. The van der Waals surface area contributed by atoms with Crippen LogP contribution in [0.3, 0.4) is 0 Å². The van der Waals surface area contributed by atoms with Crippen molar-refractivity contribution in [2.45, 2.75) is 25.9 Å². The van der Waals surface area contributed by atoms with Crippen LogP contribution in [-0.2, 0) is 0 Å². The topological polar surface area (TPSA) is 104 Å².